The largest absolute Gasteiger partial charge is 0.355 e. The van der Waals surface area contributed by atoms with E-state index in [2.05, 4.69) is 21.2 Å². The zero-order valence-electron chi connectivity index (χ0n) is 10.9. The lowest BCUT2D eigenvalue weighted by Crippen LogP contribution is -2.40. The van der Waals surface area contributed by atoms with E-state index in [1.54, 1.807) is 6.92 Å². The van der Waals surface area contributed by atoms with Crippen LogP contribution in [-0.4, -0.2) is 36.3 Å². The molecule has 0 aliphatic rings. The summed E-state index contributed by atoms with van der Waals surface area (Å²) in [7, 11) is 0. The molecule has 0 spiro atoms. The first-order chi connectivity index (χ1) is 8.99. The summed E-state index contributed by atoms with van der Waals surface area (Å²) in [5, 5.41) is 2.64. The van der Waals surface area contributed by atoms with Gasteiger partial charge in [-0.2, -0.15) is 0 Å². The van der Waals surface area contributed by atoms with E-state index in [1.165, 1.54) is 23.1 Å². The van der Waals surface area contributed by atoms with Crippen molar-refractivity contribution in [2.45, 2.75) is 13.8 Å². The van der Waals surface area contributed by atoms with Gasteiger partial charge in [0.15, 0.2) is 0 Å². The van der Waals surface area contributed by atoms with Crippen molar-refractivity contribution in [3.63, 3.8) is 0 Å². The first kappa shape index (κ1) is 15.6. The molecule has 0 heterocycles. The van der Waals surface area contributed by atoms with Gasteiger partial charge in [-0.25, -0.2) is 4.39 Å². The molecule has 2 amide bonds. The summed E-state index contributed by atoms with van der Waals surface area (Å²) < 4.78 is 13.3. The number of amides is 2. The van der Waals surface area contributed by atoms with Crippen molar-refractivity contribution in [2.24, 2.45) is 0 Å². The average Bonchev–Trinajstić information content (AvgIpc) is 2.38. The second-order valence-electron chi connectivity index (χ2n) is 3.90. The molecule has 0 saturated carbocycles. The van der Waals surface area contributed by atoms with Gasteiger partial charge >= 0.3 is 0 Å². The molecular weight excluding hydrogens is 315 g/mol. The number of hydrogen-bond donors (Lipinski definition) is 1. The zero-order chi connectivity index (χ0) is 14.4. The van der Waals surface area contributed by atoms with Crippen molar-refractivity contribution in [1.82, 2.24) is 10.2 Å². The lowest BCUT2D eigenvalue weighted by atomic mass is 10.2. The van der Waals surface area contributed by atoms with Crippen LogP contribution >= 0.6 is 15.9 Å². The molecule has 104 valence electrons. The number of nitrogens with zero attached hydrogens (tertiary/aromatic N) is 1. The lowest BCUT2D eigenvalue weighted by Gasteiger charge is -2.20. The maximum atomic E-state index is 13.1. The van der Waals surface area contributed by atoms with Crippen LogP contribution in [0.4, 0.5) is 4.39 Å². The molecule has 0 unspecified atom stereocenters. The van der Waals surface area contributed by atoms with Gasteiger partial charge in [-0.05, 0) is 48.0 Å². The van der Waals surface area contributed by atoms with E-state index >= 15 is 0 Å². The molecule has 0 bridgehead atoms. The maximum absolute atomic E-state index is 13.1. The summed E-state index contributed by atoms with van der Waals surface area (Å²) in [5.41, 5.74) is 0.347. The molecule has 0 aliphatic carbocycles. The van der Waals surface area contributed by atoms with Crippen molar-refractivity contribution < 1.29 is 14.0 Å². The predicted octanol–water partition coefficient (Wildman–Crippen LogP) is 2.19. The van der Waals surface area contributed by atoms with E-state index in [0.29, 0.717) is 18.7 Å². The van der Waals surface area contributed by atoms with Crippen molar-refractivity contribution >= 4 is 27.7 Å². The molecule has 1 N–H and O–H groups in total. The Morgan fingerprint density at radius 1 is 1.37 bits per heavy atom. The molecule has 0 radical (unpaired) electrons. The number of halogens is 2. The van der Waals surface area contributed by atoms with Crippen LogP contribution < -0.4 is 5.32 Å². The highest BCUT2D eigenvalue weighted by Crippen LogP contribution is 2.18. The molecule has 0 aliphatic heterocycles. The van der Waals surface area contributed by atoms with Gasteiger partial charge < -0.3 is 10.2 Å². The number of rotatable bonds is 5. The summed E-state index contributed by atoms with van der Waals surface area (Å²) in [6.45, 7) is 4.53. The molecule has 19 heavy (non-hydrogen) atoms. The summed E-state index contributed by atoms with van der Waals surface area (Å²) in [5.74, 6) is -0.934. The van der Waals surface area contributed by atoms with Gasteiger partial charge in [0.1, 0.15) is 5.82 Å². The van der Waals surface area contributed by atoms with Crippen LogP contribution in [0.2, 0.25) is 0 Å². The van der Waals surface area contributed by atoms with E-state index in [4.69, 9.17) is 0 Å². The Morgan fingerprint density at radius 3 is 2.58 bits per heavy atom. The summed E-state index contributed by atoms with van der Waals surface area (Å²) in [6.07, 6.45) is 0. The summed E-state index contributed by atoms with van der Waals surface area (Å²) in [4.78, 5) is 25.1. The third-order valence-electron chi connectivity index (χ3n) is 2.54. The van der Waals surface area contributed by atoms with Crippen LogP contribution in [0.1, 0.15) is 24.2 Å². The molecule has 6 heteroatoms. The SMILES string of the molecule is CCNC(=O)CN(CC)C(=O)c1ccc(F)c(Br)c1. The first-order valence-electron chi connectivity index (χ1n) is 6.00. The van der Waals surface area contributed by atoms with Gasteiger partial charge in [0, 0.05) is 18.7 Å². The normalized spacial score (nSPS) is 10.1. The molecule has 0 aromatic heterocycles. The Balaban J connectivity index is 2.83. The molecule has 0 atom stereocenters. The van der Waals surface area contributed by atoms with E-state index in [0.717, 1.165) is 0 Å². The van der Waals surface area contributed by atoms with E-state index in [9.17, 15) is 14.0 Å². The van der Waals surface area contributed by atoms with E-state index < -0.39 is 5.82 Å². The monoisotopic (exact) mass is 330 g/mol. The van der Waals surface area contributed by atoms with Crippen LogP contribution in [0, 0.1) is 5.82 Å². The van der Waals surface area contributed by atoms with Crippen LogP contribution in [0.25, 0.3) is 0 Å². The topological polar surface area (TPSA) is 49.4 Å². The molecule has 1 aromatic rings. The number of hydrogen-bond acceptors (Lipinski definition) is 2. The van der Waals surface area contributed by atoms with Gasteiger partial charge in [0.2, 0.25) is 5.91 Å². The van der Waals surface area contributed by atoms with Gasteiger partial charge in [0.05, 0.1) is 11.0 Å². The Labute approximate surface area is 120 Å². The second-order valence-corrected chi connectivity index (χ2v) is 4.76. The standard InChI is InChI=1S/C13H16BrFN2O2/c1-3-16-12(18)8-17(4-2)13(19)9-5-6-11(15)10(14)7-9/h5-7H,3-4,8H2,1-2H3,(H,16,18). The molecule has 0 fully saturated rings. The van der Waals surface area contributed by atoms with Gasteiger partial charge in [-0.1, -0.05) is 0 Å². The predicted molar refractivity (Wildman–Crippen MR) is 74.4 cm³/mol. The zero-order valence-corrected chi connectivity index (χ0v) is 12.5. The van der Waals surface area contributed by atoms with E-state index in [-0.39, 0.29) is 22.8 Å². The van der Waals surface area contributed by atoms with Gasteiger partial charge in [-0.3, -0.25) is 9.59 Å². The van der Waals surface area contributed by atoms with Crippen LogP contribution in [0.15, 0.2) is 22.7 Å². The lowest BCUT2D eigenvalue weighted by molar-refractivity contribution is -0.121. The van der Waals surface area contributed by atoms with Gasteiger partial charge in [0.25, 0.3) is 5.91 Å². The minimum Gasteiger partial charge on any atom is -0.355 e. The summed E-state index contributed by atoms with van der Waals surface area (Å²) in [6, 6.07) is 4.04. The highest BCUT2D eigenvalue weighted by atomic mass is 79.9. The number of likely N-dealkylation sites (N-methyl/N-ethyl adjacent to an activating group) is 2. The quantitative estimate of drug-likeness (QED) is 0.899. The fourth-order valence-electron chi connectivity index (χ4n) is 1.57. The number of carbonyl (C=O) groups excluding carboxylic acids is 2. The molecule has 1 rings (SSSR count). The van der Waals surface area contributed by atoms with E-state index in [1.807, 2.05) is 6.92 Å². The summed E-state index contributed by atoms with van der Waals surface area (Å²) >= 11 is 3.04. The minimum atomic E-state index is -0.427. The van der Waals surface area contributed by atoms with Crippen molar-refractivity contribution in [2.75, 3.05) is 19.6 Å². The van der Waals surface area contributed by atoms with Crippen LogP contribution in [-0.2, 0) is 4.79 Å². The van der Waals surface area contributed by atoms with Gasteiger partial charge in [-0.15, -0.1) is 0 Å². The highest BCUT2D eigenvalue weighted by molar-refractivity contribution is 9.10. The number of benzene rings is 1. The van der Waals surface area contributed by atoms with Crippen molar-refractivity contribution in [3.05, 3.63) is 34.1 Å². The second kappa shape index (κ2) is 7.23. The van der Waals surface area contributed by atoms with Crippen molar-refractivity contribution in [1.29, 1.82) is 0 Å². The Bertz CT molecular complexity index is 480. The molecule has 4 nitrogen and oxygen atoms in total. The minimum absolute atomic E-state index is 0.00182. The third-order valence-corrected chi connectivity index (χ3v) is 3.15. The average molecular weight is 331 g/mol. The highest BCUT2D eigenvalue weighted by Gasteiger charge is 2.17. The Kier molecular flexibility index (Phi) is 5.95. The molecular formula is C13H16BrFN2O2. The van der Waals surface area contributed by atoms with Crippen molar-refractivity contribution in [3.8, 4) is 0 Å². The molecule has 1 aromatic carbocycles. The third kappa shape index (κ3) is 4.31. The van der Waals surface area contributed by atoms with Crippen LogP contribution in [0.3, 0.4) is 0 Å². The molecule has 0 saturated heterocycles. The van der Waals surface area contributed by atoms with Crippen LogP contribution in [0.5, 0.6) is 0 Å². The maximum Gasteiger partial charge on any atom is 0.254 e. The smallest absolute Gasteiger partial charge is 0.254 e. The fraction of sp³-hybridized carbons (Fsp3) is 0.385. The Hall–Kier alpha value is -1.43. The fourth-order valence-corrected chi connectivity index (χ4v) is 1.94. The Morgan fingerprint density at radius 2 is 2.05 bits per heavy atom. The number of nitrogens with one attached hydrogen (secondary N) is 1. The first-order valence-corrected chi connectivity index (χ1v) is 6.79. The number of carbonyl (C=O) groups is 2.